The summed E-state index contributed by atoms with van der Waals surface area (Å²) in [5.74, 6) is 2.22. The molecule has 2 fully saturated rings. The van der Waals surface area contributed by atoms with Crippen molar-refractivity contribution in [3.05, 3.63) is 5.28 Å². The molecule has 21 heavy (non-hydrogen) atoms. The van der Waals surface area contributed by atoms with Crippen LogP contribution in [0.5, 0.6) is 0 Å². The van der Waals surface area contributed by atoms with Crippen molar-refractivity contribution >= 4 is 23.5 Å². The largest absolute Gasteiger partial charge is 0.378 e. The van der Waals surface area contributed by atoms with E-state index in [2.05, 4.69) is 31.7 Å². The molecule has 3 heterocycles. The van der Waals surface area contributed by atoms with Gasteiger partial charge in [0.05, 0.1) is 13.2 Å². The molecular formula is C14H22ClN5O. The molecule has 0 aromatic carbocycles. The number of hydrogen-bond acceptors (Lipinski definition) is 6. The molecule has 6 nitrogen and oxygen atoms in total. The van der Waals surface area contributed by atoms with E-state index in [1.165, 1.54) is 19.3 Å². The van der Waals surface area contributed by atoms with Gasteiger partial charge in [-0.15, -0.1) is 0 Å². The molecule has 0 unspecified atom stereocenters. The number of aromatic nitrogens is 3. The van der Waals surface area contributed by atoms with Gasteiger partial charge < -0.3 is 14.5 Å². The van der Waals surface area contributed by atoms with E-state index in [0.717, 1.165) is 32.1 Å². The Labute approximate surface area is 130 Å². The van der Waals surface area contributed by atoms with E-state index in [-0.39, 0.29) is 5.28 Å². The Balaban J connectivity index is 1.74. The number of rotatable bonds is 3. The molecule has 0 radical (unpaired) electrons. The van der Waals surface area contributed by atoms with Gasteiger partial charge in [0.25, 0.3) is 0 Å². The molecule has 1 aromatic rings. The summed E-state index contributed by atoms with van der Waals surface area (Å²) in [6, 6.07) is 0. The molecule has 116 valence electrons. The maximum atomic E-state index is 6.10. The van der Waals surface area contributed by atoms with Gasteiger partial charge in [-0.3, -0.25) is 0 Å². The minimum Gasteiger partial charge on any atom is -0.378 e. The number of anilines is 2. The van der Waals surface area contributed by atoms with E-state index in [4.69, 9.17) is 16.3 Å². The fourth-order valence-corrected chi connectivity index (χ4v) is 3.07. The lowest BCUT2D eigenvalue weighted by Gasteiger charge is -2.32. The summed E-state index contributed by atoms with van der Waals surface area (Å²) < 4.78 is 5.37. The molecule has 7 heteroatoms. The summed E-state index contributed by atoms with van der Waals surface area (Å²) in [5, 5.41) is 0.277. The van der Waals surface area contributed by atoms with E-state index < -0.39 is 0 Å². The van der Waals surface area contributed by atoms with Gasteiger partial charge in [0.2, 0.25) is 17.2 Å². The molecule has 0 aliphatic carbocycles. The number of halogens is 1. The van der Waals surface area contributed by atoms with Crippen LogP contribution in [-0.4, -0.2) is 54.3 Å². The van der Waals surface area contributed by atoms with Gasteiger partial charge in [-0.25, -0.2) is 0 Å². The average Bonchev–Trinajstić information content (AvgIpc) is 2.55. The molecule has 0 saturated carbocycles. The minimum atomic E-state index is 0.277. The molecule has 0 atom stereocenters. The van der Waals surface area contributed by atoms with Crippen LogP contribution in [0, 0.1) is 5.92 Å². The molecule has 0 bridgehead atoms. The predicted molar refractivity (Wildman–Crippen MR) is 83.1 cm³/mol. The number of hydrogen-bond donors (Lipinski definition) is 0. The average molecular weight is 312 g/mol. The van der Waals surface area contributed by atoms with E-state index in [0.29, 0.717) is 25.1 Å². The van der Waals surface area contributed by atoms with Gasteiger partial charge >= 0.3 is 0 Å². The van der Waals surface area contributed by atoms with Crippen LogP contribution in [0.15, 0.2) is 0 Å². The van der Waals surface area contributed by atoms with Crippen molar-refractivity contribution < 1.29 is 4.74 Å². The summed E-state index contributed by atoms with van der Waals surface area (Å²) >= 11 is 6.10. The second-order valence-corrected chi connectivity index (χ2v) is 5.98. The smallest absolute Gasteiger partial charge is 0.231 e. The molecule has 2 saturated heterocycles. The van der Waals surface area contributed by atoms with E-state index in [1.54, 1.807) is 0 Å². The summed E-state index contributed by atoms with van der Waals surface area (Å²) in [7, 11) is 0. The second-order valence-electron chi connectivity index (χ2n) is 5.64. The van der Waals surface area contributed by atoms with Gasteiger partial charge in [0, 0.05) is 26.2 Å². The SMILES string of the molecule is CCC1CCN(c2nc(Cl)nc(N3CCOCC3)n2)CC1. The summed E-state index contributed by atoms with van der Waals surface area (Å²) in [5.41, 5.74) is 0. The van der Waals surface area contributed by atoms with Crippen molar-refractivity contribution in [2.45, 2.75) is 26.2 Å². The van der Waals surface area contributed by atoms with Crippen LogP contribution < -0.4 is 9.80 Å². The van der Waals surface area contributed by atoms with E-state index in [1.807, 2.05) is 0 Å². The molecule has 1 aromatic heterocycles. The van der Waals surface area contributed by atoms with Crippen LogP contribution in [-0.2, 0) is 4.74 Å². The Hall–Kier alpha value is -1.14. The van der Waals surface area contributed by atoms with Crippen LogP contribution >= 0.6 is 11.6 Å². The van der Waals surface area contributed by atoms with Gasteiger partial charge in [-0.1, -0.05) is 13.3 Å². The minimum absolute atomic E-state index is 0.277. The monoisotopic (exact) mass is 311 g/mol. The second kappa shape index (κ2) is 6.75. The zero-order chi connectivity index (χ0) is 14.7. The lowest BCUT2D eigenvalue weighted by molar-refractivity contribution is 0.122. The molecule has 3 rings (SSSR count). The Morgan fingerprint density at radius 1 is 1.00 bits per heavy atom. The molecule has 0 amide bonds. The molecule has 0 spiro atoms. The normalized spacial score (nSPS) is 20.9. The third kappa shape index (κ3) is 3.55. The topological polar surface area (TPSA) is 54.4 Å². The molecule has 2 aliphatic rings. The summed E-state index contributed by atoms with van der Waals surface area (Å²) in [4.78, 5) is 17.5. The Kier molecular flexibility index (Phi) is 4.75. The quantitative estimate of drug-likeness (QED) is 0.851. The van der Waals surface area contributed by atoms with Crippen LogP contribution in [0.4, 0.5) is 11.9 Å². The van der Waals surface area contributed by atoms with Crippen LogP contribution in [0.1, 0.15) is 26.2 Å². The van der Waals surface area contributed by atoms with Crippen molar-refractivity contribution in [2.75, 3.05) is 49.2 Å². The standard InChI is InChI=1S/C14H22ClN5O/c1-2-11-3-5-19(6-4-11)13-16-12(15)17-14(18-13)20-7-9-21-10-8-20/h11H,2-10H2,1H3. The lowest BCUT2D eigenvalue weighted by atomic mass is 9.95. The lowest BCUT2D eigenvalue weighted by Crippen LogP contribution is -2.39. The summed E-state index contributed by atoms with van der Waals surface area (Å²) in [6.45, 7) is 7.29. The highest BCUT2D eigenvalue weighted by atomic mass is 35.5. The fraction of sp³-hybridized carbons (Fsp3) is 0.786. The van der Waals surface area contributed by atoms with Crippen LogP contribution in [0.25, 0.3) is 0 Å². The first-order valence-electron chi connectivity index (χ1n) is 7.75. The molecular weight excluding hydrogens is 290 g/mol. The Bertz CT molecular complexity index is 472. The molecule has 0 N–H and O–H groups in total. The van der Waals surface area contributed by atoms with Gasteiger partial charge in [-0.2, -0.15) is 15.0 Å². The number of piperidine rings is 1. The maximum absolute atomic E-state index is 6.10. The highest BCUT2D eigenvalue weighted by Crippen LogP contribution is 2.24. The van der Waals surface area contributed by atoms with E-state index in [9.17, 15) is 0 Å². The zero-order valence-corrected chi connectivity index (χ0v) is 13.2. The van der Waals surface area contributed by atoms with Crippen molar-refractivity contribution in [2.24, 2.45) is 5.92 Å². The first-order valence-corrected chi connectivity index (χ1v) is 8.13. The number of nitrogens with zero attached hydrogens (tertiary/aromatic N) is 5. The predicted octanol–water partition coefficient (Wildman–Crippen LogP) is 1.99. The highest BCUT2D eigenvalue weighted by molar-refractivity contribution is 6.28. The number of morpholine rings is 1. The van der Waals surface area contributed by atoms with Crippen molar-refractivity contribution in [1.82, 2.24) is 15.0 Å². The Morgan fingerprint density at radius 2 is 1.57 bits per heavy atom. The van der Waals surface area contributed by atoms with Crippen molar-refractivity contribution in [3.8, 4) is 0 Å². The Morgan fingerprint density at radius 3 is 2.14 bits per heavy atom. The molecule has 2 aliphatic heterocycles. The zero-order valence-electron chi connectivity index (χ0n) is 12.5. The number of ether oxygens (including phenoxy) is 1. The third-order valence-corrected chi connectivity index (χ3v) is 4.52. The van der Waals surface area contributed by atoms with Crippen LogP contribution in [0.3, 0.4) is 0 Å². The summed E-state index contributed by atoms with van der Waals surface area (Å²) in [6.07, 6.45) is 3.66. The fourth-order valence-electron chi connectivity index (χ4n) is 2.92. The van der Waals surface area contributed by atoms with Gasteiger partial charge in [0.1, 0.15) is 0 Å². The maximum Gasteiger partial charge on any atom is 0.231 e. The first-order chi connectivity index (χ1) is 10.3. The van der Waals surface area contributed by atoms with Gasteiger partial charge in [0.15, 0.2) is 0 Å². The van der Waals surface area contributed by atoms with Crippen molar-refractivity contribution in [3.63, 3.8) is 0 Å². The first kappa shape index (κ1) is 14.8. The third-order valence-electron chi connectivity index (χ3n) is 4.35. The van der Waals surface area contributed by atoms with E-state index >= 15 is 0 Å². The van der Waals surface area contributed by atoms with Crippen molar-refractivity contribution in [1.29, 1.82) is 0 Å². The highest BCUT2D eigenvalue weighted by Gasteiger charge is 2.22. The van der Waals surface area contributed by atoms with Crippen LogP contribution in [0.2, 0.25) is 5.28 Å². The van der Waals surface area contributed by atoms with Gasteiger partial charge in [-0.05, 0) is 30.4 Å².